The van der Waals surface area contributed by atoms with Crippen molar-refractivity contribution in [1.82, 2.24) is 10.2 Å². The number of piperidine rings is 1. The minimum Gasteiger partial charge on any atom is -0.474 e. The molecule has 0 aromatic carbocycles. The van der Waals surface area contributed by atoms with Crippen LogP contribution in [0.4, 0.5) is 0 Å². The van der Waals surface area contributed by atoms with Gasteiger partial charge in [0, 0.05) is 26.2 Å². The molecule has 7 heteroatoms. The quantitative estimate of drug-likeness (QED) is 0.516. The lowest BCUT2D eigenvalue weighted by molar-refractivity contribution is -0.157. The average molecular weight is 243 g/mol. The van der Waals surface area contributed by atoms with E-state index < -0.39 is 11.9 Å². The van der Waals surface area contributed by atoms with Gasteiger partial charge in [0.2, 0.25) is 5.91 Å². The molecule has 0 radical (unpaired) electrons. The van der Waals surface area contributed by atoms with Crippen LogP contribution in [-0.2, 0) is 14.4 Å². The van der Waals surface area contributed by atoms with Crippen LogP contribution in [0.2, 0.25) is 0 Å². The lowest BCUT2D eigenvalue weighted by Crippen LogP contribution is -2.48. The number of rotatable bonds is 3. The van der Waals surface area contributed by atoms with Gasteiger partial charge in [0.15, 0.2) is 0 Å². The molecule has 1 aliphatic heterocycles. The van der Waals surface area contributed by atoms with Crippen molar-refractivity contribution in [2.45, 2.75) is 12.8 Å². The highest BCUT2D eigenvalue weighted by Crippen LogP contribution is 2.16. The van der Waals surface area contributed by atoms with Crippen LogP contribution >= 0.6 is 0 Å². The number of hydrogen-bond donors (Lipinski definition) is 3. The second kappa shape index (κ2) is 6.19. The Hall–Kier alpha value is -1.63. The molecule has 0 bridgehead atoms. The summed E-state index contributed by atoms with van der Waals surface area (Å²) in [7, 11) is 0. The summed E-state index contributed by atoms with van der Waals surface area (Å²) in [5.74, 6) is -2.92. The van der Waals surface area contributed by atoms with Crippen molar-refractivity contribution in [1.29, 1.82) is 0 Å². The predicted octanol–water partition coefficient (Wildman–Crippen LogP) is -1.62. The standard InChI is InChI=1S/C10H17N3O4/c11-3-4-12-8(14)7-2-1-5-13(6-7)9(15)10(16)17/h7H,1-6,11H2,(H,12,14)(H,16,17)/t7-/m0/s1. The molecular weight excluding hydrogens is 226 g/mol. The van der Waals surface area contributed by atoms with E-state index in [1.54, 1.807) is 0 Å². The van der Waals surface area contributed by atoms with E-state index in [-0.39, 0.29) is 18.4 Å². The predicted molar refractivity (Wildman–Crippen MR) is 59.0 cm³/mol. The molecule has 0 saturated carbocycles. The normalized spacial score (nSPS) is 19.8. The van der Waals surface area contributed by atoms with Gasteiger partial charge in [0.25, 0.3) is 0 Å². The largest absolute Gasteiger partial charge is 0.474 e. The van der Waals surface area contributed by atoms with Gasteiger partial charge in [-0.05, 0) is 12.8 Å². The third kappa shape index (κ3) is 3.70. The maximum absolute atomic E-state index is 11.6. The Morgan fingerprint density at radius 1 is 1.41 bits per heavy atom. The third-order valence-corrected chi connectivity index (χ3v) is 2.71. The average Bonchev–Trinajstić information content (AvgIpc) is 2.35. The zero-order chi connectivity index (χ0) is 12.8. The van der Waals surface area contributed by atoms with E-state index in [2.05, 4.69) is 5.32 Å². The van der Waals surface area contributed by atoms with Crippen LogP contribution in [0.5, 0.6) is 0 Å². The van der Waals surface area contributed by atoms with Gasteiger partial charge < -0.3 is 21.1 Å². The van der Waals surface area contributed by atoms with Gasteiger partial charge in [-0.25, -0.2) is 4.79 Å². The van der Waals surface area contributed by atoms with Gasteiger partial charge in [-0.15, -0.1) is 0 Å². The summed E-state index contributed by atoms with van der Waals surface area (Å²) >= 11 is 0. The number of carboxylic acids is 1. The number of aliphatic carboxylic acids is 1. The molecule has 7 nitrogen and oxygen atoms in total. The lowest BCUT2D eigenvalue weighted by Gasteiger charge is -2.30. The Morgan fingerprint density at radius 2 is 2.12 bits per heavy atom. The number of nitrogens with one attached hydrogen (secondary N) is 1. The fourth-order valence-electron chi connectivity index (χ4n) is 1.85. The molecule has 1 fully saturated rings. The van der Waals surface area contributed by atoms with Crippen LogP contribution in [0.15, 0.2) is 0 Å². The molecule has 1 heterocycles. The molecule has 1 rings (SSSR count). The SMILES string of the molecule is NCCNC(=O)[C@H]1CCCN(C(=O)C(=O)O)C1. The number of carbonyl (C=O) groups is 3. The Kier molecular flexibility index (Phi) is 4.89. The molecule has 4 N–H and O–H groups in total. The van der Waals surface area contributed by atoms with Gasteiger partial charge in [0.05, 0.1) is 5.92 Å². The molecule has 1 saturated heterocycles. The van der Waals surface area contributed by atoms with Gasteiger partial charge in [0.1, 0.15) is 0 Å². The molecule has 0 aromatic rings. The summed E-state index contributed by atoms with van der Waals surface area (Å²) in [6, 6.07) is 0. The topological polar surface area (TPSA) is 113 Å². The fourth-order valence-corrected chi connectivity index (χ4v) is 1.85. The highest BCUT2D eigenvalue weighted by atomic mass is 16.4. The van der Waals surface area contributed by atoms with E-state index >= 15 is 0 Å². The summed E-state index contributed by atoms with van der Waals surface area (Å²) in [5, 5.41) is 11.2. The molecule has 96 valence electrons. The summed E-state index contributed by atoms with van der Waals surface area (Å²) in [5.41, 5.74) is 5.26. The monoisotopic (exact) mass is 243 g/mol. The van der Waals surface area contributed by atoms with Gasteiger partial charge in [-0.3, -0.25) is 9.59 Å². The Labute approximate surface area is 98.9 Å². The molecular formula is C10H17N3O4. The van der Waals surface area contributed by atoms with Crippen molar-refractivity contribution in [3.8, 4) is 0 Å². The molecule has 0 unspecified atom stereocenters. The fraction of sp³-hybridized carbons (Fsp3) is 0.700. The molecule has 0 aromatic heterocycles. The number of hydrogen-bond acceptors (Lipinski definition) is 4. The van der Waals surface area contributed by atoms with Crippen molar-refractivity contribution in [3.63, 3.8) is 0 Å². The smallest absolute Gasteiger partial charge is 0.394 e. The number of carbonyl (C=O) groups excluding carboxylic acids is 2. The minimum absolute atomic E-state index is 0.168. The lowest BCUT2D eigenvalue weighted by atomic mass is 9.97. The zero-order valence-corrected chi connectivity index (χ0v) is 9.52. The first-order chi connectivity index (χ1) is 8.06. The van der Waals surface area contributed by atoms with Crippen LogP contribution in [0, 0.1) is 5.92 Å². The number of amides is 2. The number of carboxylic acid groups (broad SMARTS) is 1. The Balaban J connectivity index is 2.51. The van der Waals surface area contributed by atoms with E-state index in [4.69, 9.17) is 10.8 Å². The van der Waals surface area contributed by atoms with E-state index in [9.17, 15) is 14.4 Å². The first-order valence-electron chi connectivity index (χ1n) is 5.56. The van der Waals surface area contributed by atoms with Gasteiger partial charge >= 0.3 is 11.9 Å². The highest BCUT2D eigenvalue weighted by Gasteiger charge is 2.30. The zero-order valence-electron chi connectivity index (χ0n) is 9.52. The second-order valence-corrected chi connectivity index (χ2v) is 3.98. The second-order valence-electron chi connectivity index (χ2n) is 3.98. The van der Waals surface area contributed by atoms with Crippen LogP contribution < -0.4 is 11.1 Å². The van der Waals surface area contributed by atoms with Crippen LogP contribution in [-0.4, -0.2) is 54.0 Å². The molecule has 0 spiro atoms. The summed E-state index contributed by atoms with van der Waals surface area (Å²) in [4.78, 5) is 34.6. The van der Waals surface area contributed by atoms with Crippen molar-refractivity contribution in [2.24, 2.45) is 11.7 Å². The first kappa shape index (κ1) is 13.4. The molecule has 0 aliphatic carbocycles. The van der Waals surface area contributed by atoms with Gasteiger partial charge in [-0.2, -0.15) is 0 Å². The van der Waals surface area contributed by atoms with E-state index in [1.807, 2.05) is 0 Å². The molecule has 17 heavy (non-hydrogen) atoms. The third-order valence-electron chi connectivity index (χ3n) is 2.71. The number of likely N-dealkylation sites (tertiary alicyclic amines) is 1. The summed E-state index contributed by atoms with van der Waals surface area (Å²) in [6.45, 7) is 1.31. The highest BCUT2D eigenvalue weighted by molar-refractivity contribution is 6.31. The summed E-state index contributed by atoms with van der Waals surface area (Å²) < 4.78 is 0. The van der Waals surface area contributed by atoms with E-state index in [0.717, 1.165) is 0 Å². The number of nitrogens with zero attached hydrogens (tertiary/aromatic N) is 1. The van der Waals surface area contributed by atoms with Crippen molar-refractivity contribution >= 4 is 17.8 Å². The van der Waals surface area contributed by atoms with Gasteiger partial charge in [-0.1, -0.05) is 0 Å². The summed E-state index contributed by atoms with van der Waals surface area (Å²) in [6.07, 6.45) is 1.31. The molecule has 2 amide bonds. The van der Waals surface area contributed by atoms with Crippen LogP contribution in [0.25, 0.3) is 0 Å². The maximum atomic E-state index is 11.6. The molecule has 1 aliphatic rings. The first-order valence-corrected chi connectivity index (χ1v) is 5.56. The van der Waals surface area contributed by atoms with E-state index in [0.29, 0.717) is 32.5 Å². The van der Waals surface area contributed by atoms with Crippen molar-refractivity contribution < 1.29 is 19.5 Å². The van der Waals surface area contributed by atoms with Crippen LogP contribution in [0.1, 0.15) is 12.8 Å². The van der Waals surface area contributed by atoms with E-state index in [1.165, 1.54) is 4.90 Å². The Bertz CT molecular complexity index is 319. The number of nitrogens with two attached hydrogens (primary N) is 1. The Morgan fingerprint density at radius 3 is 2.71 bits per heavy atom. The minimum atomic E-state index is -1.48. The van der Waals surface area contributed by atoms with Crippen molar-refractivity contribution in [2.75, 3.05) is 26.2 Å². The van der Waals surface area contributed by atoms with Crippen LogP contribution in [0.3, 0.4) is 0 Å². The van der Waals surface area contributed by atoms with Crippen molar-refractivity contribution in [3.05, 3.63) is 0 Å². The molecule has 1 atom stereocenters. The maximum Gasteiger partial charge on any atom is 0.394 e.